The van der Waals surface area contributed by atoms with Crippen LogP contribution in [0.2, 0.25) is 0 Å². The lowest BCUT2D eigenvalue weighted by atomic mass is 9.90. The quantitative estimate of drug-likeness (QED) is 0.310. The van der Waals surface area contributed by atoms with Gasteiger partial charge in [0.2, 0.25) is 11.8 Å². The summed E-state index contributed by atoms with van der Waals surface area (Å²) >= 11 is 3.32. The number of aryl methyl sites for hydroxylation is 2. The van der Waals surface area contributed by atoms with E-state index in [4.69, 9.17) is 15.2 Å². The molecule has 2 atom stereocenters. The van der Waals surface area contributed by atoms with Crippen LogP contribution in [-0.2, 0) is 24.4 Å². The number of hydrogen-bond acceptors (Lipinski definition) is 8. The third-order valence-electron chi connectivity index (χ3n) is 8.34. The van der Waals surface area contributed by atoms with Gasteiger partial charge in [-0.3, -0.25) is 9.69 Å². The highest BCUT2D eigenvalue weighted by Gasteiger charge is 2.47. The topological polar surface area (TPSA) is 122 Å². The van der Waals surface area contributed by atoms with Gasteiger partial charge in [-0.15, -0.1) is 0 Å². The van der Waals surface area contributed by atoms with Crippen molar-refractivity contribution in [2.24, 2.45) is 20.0 Å². The van der Waals surface area contributed by atoms with Gasteiger partial charge < -0.3 is 24.3 Å². The van der Waals surface area contributed by atoms with E-state index in [-0.39, 0.29) is 22.5 Å². The first kappa shape index (κ1) is 27.5. The molecule has 3 aromatic heterocycles. The molecule has 1 saturated heterocycles. The predicted octanol–water partition coefficient (Wildman–Crippen LogP) is 3.30. The van der Waals surface area contributed by atoms with Crippen molar-refractivity contribution in [1.82, 2.24) is 28.8 Å². The summed E-state index contributed by atoms with van der Waals surface area (Å²) in [5.74, 6) is 0.435. The number of ether oxygens (including phenoxy) is 2. The number of benzene rings is 1. The summed E-state index contributed by atoms with van der Waals surface area (Å²) < 4.78 is 30.7. The molecule has 13 heteroatoms. The summed E-state index contributed by atoms with van der Waals surface area (Å²) in [6, 6.07) is 4.69. The fraction of sp³-hybridized carbons (Fsp3) is 0.429. The Balaban J connectivity index is 1.23. The van der Waals surface area contributed by atoms with Crippen molar-refractivity contribution in [3.05, 3.63) is 56.8 Å². The molecular weight excluding hydrogens is 597 g/mol. The number of hydrogen-bond donors (Lipinski definition) is 1. The van der Waals surface area contributed by atoms with Crippen molar-refractivity contribution in [3.63, 3.8) is 0 Å². The number of nitrogens with two attached hydrogens (primary N) is 1. The minimum absolute atomic E-state index is 0.239. The van der Waals surface area contributed by atoms with Crippen LogP contribution in [0.1, 0.15) is 29.6 Å². The van der Waals surface area contributed by atoms with Crippen molar-refractivity contribution in [3.8, 4) is 17.0 Å². The minimum atomic E-state index is -0.536. The first-order chi connectivity index (χ1) is 19.6. The molecule has 1 aromatic carbocycles. The Bertz CT molecular complexity index is 1730. The van der Waals surface area contributed by atoms with E-state index in [0.717, 1.165) is 37.9 Å². The summed E-state index contributed by atoms with van der Waals surface area (Å²) in [7, 11) is 4.63. The molecular formula is C28H31BrFN7O4. The summed E-state index contributed by atoms with van der Waals surface area (Å²) in [5, 5.41) is 4.31. The van der Waals surface area contributed by atoms with Gasteiger partial charge in [0.1, 0.15) is 12.4 Å². The average Bonchev–Trinajstić information content (AvgIpc) is 3.57. The van der Waals surface area contributed by atoms with Gasteiger partial charge >= 0.3 is 5.97 Å². The number of carbonyl (C=O) groups is 1. The summed E-state index contributed by atoms with van der Waals surface area (Å²) in [5.41, 5.74) is 8.35. The Hall–Kier alpha value is -3.71. The van der Waals surface area contributed by atoms with Crippen LogP contribution in [-0.4, -0.2) is 68.1 Å². The average molecular weight is 629 g/mol. The van der Waals surface area contributed by atoms with Crippen LogP contribution in [0.5, 0.6) is 5.88 Å². The predicted molar refractivity (Wildman–Crippen MR) is 154 cm³/mol. The third-order valence-corrected chi connectivity index (χ3v) is 8.95. The molecule has 2 fully saturated rings. The number of anilines is 1. The summed E-state index contributed by atoms with van der Waals surface area (Å²) in [6.45, 7) is 2.71. The van der Waals surface area contributed by atoms with Crippen LogP contribution in [0.25, 0.3) is 22.2 Å². The van der Waals surface area contributed by atoms with Gasteiger partial charge in [0, 0.05) is 46.0 Å². The Kier molecular flexibility index (Phi) is 6.89. The van der Waals surface area contributed by atoms with E-state index in [1.54, 1.807) is 31.0 Å². The lowest BCUT2D eigenvalue weighted by Crippen LogP contribution is -2.49. The zero-order valence-electron chi connectivity index (χ0n) is 23.1. The Morgan fingerprint density at radius 1 is 1.27 bits per heavy atom. The van der Waals surface area contributed by atoms with E-state index in [1.807, 2.05) is 0 Å². The second-order valence-corrected chi connectivity index (χ2v) is 11.9. The van der Waals surface area contributed by atoms with Crippen molar-refractivity contribution < 1.29 is 18.7 Å². The van der Waals surface area contributed by atoms with Gasteiger partial charge in [-0.25, -0.2) is 18.9 Å². The van der Waals surface area contributed by atoms with Crippen molar-refractivity contribution >= 4 is 38.9 Å². The van der Waals surface area contributed by atoms with E-state index >= 15 is 0 Å². The summed E-state index contributed by atoms with van der Waals surface area (Å²) in [4.78, 5) is 32.0. The molecule has 0 amide bonds. The Morgan fingerprint density at radius 2 is 2.07 bits per heavy atom. The van der Waals surface area contributed by atoms with E-state index < -0.39 is 5.97 Å². The maximum atomic E-state index is 14.2. The second-order valence-electron chi connectivity index (χ2n) is 11.0. The van der Waals surface area contributed by atoms with Gasteiger partial charge in [-0.1, -0.05) is 0 Å². The molecule has 1 saturated carbocycles. The summed E-state index contributed by atoms with van der Waals surface area (Å²) in [6.07, 6.45) is 6.04. The van der Waals surface area contributed by atoms with E-state index in [2.05, 4.69) is 35.5 Å². The lowest BCUT2D eigenvalue weighted by Gasteiger charge is -2.42. The van der Waals surface area contributed by atoms with Crippen LogP contribution < -0.4 is 16.0 Å². The van der Waals surface area contributed by atoms with E-state index in [0.29, 0.717) is 52.0 Å². The second kappa shape index (κ2) is 10.3. The molecule has 0 spiro atoms. The number of piperidine rings is 1. The molecule has 4 heterocycles. The Labute approximate surface area is 243 Å². The molecule has 1 aliphatic heterocycles. The molecule has 11 nitrogen and oxygen atoms in total. The molecule has 1 aliphatic carbocycles. The minimum Gasteiger partial charge on any atom is -0.476 e. The number of aromatic nitrogens is 5. The number of nitrogen functional groups attached to an aromatic ring is 1. The fourth-order valence-electron chi connectivity index (χ4n) is 6.58. The number of fused-ring (bicyclic) bond motifs is 3. The first-order valence-electron chi connectivity index (χ1n) is 13.4. The number of halogens is 2. The zero-order valence-corrected chi connectivity index (χ0v) is 24.6. The van der Waals surface area contributed by atoms with Gasteiger partial charge in [-0.05, 0) is 53.2 Å². The van der Waals surface area contributed by atoms with E-state index in [9.17, 15) is 14.0 Å². The van der Waals surface area contributed by atoms with Crippen LogP contribution in [0.4, 0.5) is 10.3 Å². The number of pyridine rings is 1. The number of carbonyl (C=O) groups excluding carboxylic acids is 1. The molecule has 6 rings (SSSR count). The number of imidazole rings is 1. The van der Waals surface area contributed by atoms with Crippen LogP contribution >= 0.6 is 15.9 Å². The first-order valence-corrected chi connectivity index (χ1v) is 14.2. The lowest BCUT2D eigenvalue weighted by molar-refractivity contribution is 0.0599. The highest BCUT2D eigenvalue weighted by molar-refractivity contribution is 9.10. The SMILES string of the molecule is COC(=O)c1cc(-c2cnn(C)c2OCCN2CC3CCC(n4c(N)nc5cc(F)c(Br)cc54)(C3)C2)c(=O)n(C)c1. The smallest absolute Gasteiger partial charge is 0.339 e. The van der Waals surface area contributed by atoms with Gasteiger partial charge in [0.05, 0.1) is 51.0 Å². The number of nitrogens with zero attached hydrogens (tertiary/aromatic N) is 6. The molecule has 0 radical (unpaired) electrons. The normalized spacial score (nSPS) is 20.6. The van der Waals surface area contributed by atoms with Crippen molar-refractivity contribution in [2.45, 2.75) is 24.8 Å². The molecule has 2 unspecified atom stereocenters. The monoisotopic (exact) mass is 627 g/mol. The van der Waals surface area contributed by atoms with Gasteiger partial charge in [0.25, 0.3) is 5.56 Å². The molecule has 4 aromatic rings. The van der Waals surface area contributed by atoms with Crippen molar-refractivity contribution in [1.29, 1.82) is 0 Å². The largest absolute Gasteiger partial charge is 0.476 e. The number of esters is 1. The zero-order chi connectivity index (χ0) is 29.1. The maximum Gasteiger partial charge on any atom is 0.339 e. The molecule has 2 aliphatic rings. The molecule has 216 valence electrons. The number of methoxy groups -OCH3 is 1. The highest BCUT2D eigenvalue weighted by Crippen LogP contribution is 2.47. The molecule has 2 N–H and O–H groups in total. The maximum absolute atomic E-state index is 14.2. The van der Waals surface area contributed by atoms with E-state index in [1.165, 1.54) is 30.0 Å². The van der Waals surface area contributed by atoms with Crippen LogP contribution in [0.3, 0.4) is 0 Å². The van der Waals surface area contributed by atoms with Crippen LogP contribution in [0, 0.1) is 11.7 Å². The van der Waals surface area contributed by atoms with Gasteiger partial charge in [-0.2, -0.15) is 5.10 Å². The molecule has 41 heavy (non-hydrogen) atoms. The number of likely N-dealkylation sites (tertiary alicyclic amines) is 1. The van der Waals surface area contributed by atoms with Gasteiger partial charge in [0.15, 0.2) is 0 Å². The van der Waals surface area contributed by atoms with Crippen LogP contribution in [0.15, 0.2) is 39.9 Å². The molecule has 2 bridgehead atoms. The van der Waals surface area contributed by atoms with Crippen molar-refractivity contribution in [2.75, 3.05) is 39.1 Å². The number of rotatable bonds is 7. The standard InChI is InChI=1S/C28H31BrFN7O4/c1-34-14-17(26(39)40-3)8-18(24(34)38)19-12-32-35(2)25(19)41-7-6-36-13-16-4-5-28(11-16,15-36)37-23-9-20(29)21(30)10-22(23)33-27(37)31/h8-10,12,14,16H,4-7,11,13,15H2,1-3H3,(H2,31,33). The Morgan fingerprint density at radius 3 is 2.85 bits per heavy atom. The highest BCUT2D eigenvalue weighted by atomic mass is 79.9. The third kappa shape index (κ3) is 4.70. The fourth-order valence-corrected chi connectivity index (χ4v) is 6.91.